The molecular formula is C16H29IN4. The average molecular weight is 404 g/mol. The van der Waals surface area contributed by atoms with E-state index in [-0.39, 0.29) is 24.0 Å². The largest absolute Gasteiger partial charge is 0.354 e. The highest BCUT2D eigenvalue weighted by Gasteiger charge is 2.05. The monoisotopic (exact) mass is 404 g/mol. The molecule has 0 saturated heterocycles. The maximum atomic E-state index is 4.47. The summed E-state index contributed by atoms with van der Waals surface area (Å²) >= 11 is 0. The number of rotatable bonds is 7. The Morgan fingerprint density at radius 1 is 1.33 bits per heavy atom. The summed E-state index contributed by atoms with van der Waals surface area (Å²) in [6.07, 6.45) is 5.00. The number of nitrogens with one attached hydrogen (secondary N) is 2. The van der Waals surface area contributed by atoms with Crippen molar-refractivity contribution < 1.29 is 0 Å². The van der Waals surface area contributed by atoms with Crippen molar-refractivity contribution in [3.05, 3.63) is 29.6 Å². The van der Waals surface area contributed by atoms with E-state index < -0.39 is 0 Å². The number of unbranched alkanes of at least 4 members (excludes halogenated alkanes) is 2. The lowest BCUT2D eigenvalue weighted by Gasteiger charge is -2.17. The summed E-state index contributed by atoms with van der Waals surface area (Å²) in [5.74, 6) is 0.845. The van der Waals surface area contributed by atoms with E-state index in [0.717, 1.165) is 17.3 Å². The van der Waals surface area contributed by atoms with Crippen LogP contribution in [0.25, 0.3) is 0 Å². The zero-order chi connectivity index (χ0) is 14.8. The number of aryl methyl sites for hydroxylation is 1. The molecule has 0 aliphatic rings. The van der Waals surface area contributed by atoms with E-state index in [1.165, 1.54) is 25.7 Å². The Morgan fingerprint density at radius 2 is 2.10 bits per heavy atom. The van der Waals surface area contributed by atoms with Crippen LogP contribution in [0.1, 0.15) is 50.9 Å². The van der Waals surface area contributed by atoms with Crippen LogP contribution < -0.4 is 10.6 Å². The minimum absolute atomic E-state index is 0. The molecule has 0 bridgehead atoms. The number of aromatic nitrogens is 1. The van der Waals surface area contributed by atoms with E-state index in [4.69, 9.17) is 0 Å². The first-order valence-electron chi connectivity index (χ1n) is 7.55. The molecule has 1 heterocycles. The highest BCUT2D eigenvalue weighted by atomic mass is 127. The lowest BCUT2D eigenvalue weighted by atomic mass is 10.1. The van der Waals surface area contributed by atoms with Gasteiger partial charge in [0.15, 0.2) is 5.96 Å². The molecule has 1 aromatic heterocycles. The molecule has 1 rings (SSSR count). The van der Waals surface area contributed by atoms with Crippen molar-refractivity contribution in [3.8, 4) is 0 Å². The second kappa shape index (κ2) is 11.8. The second-order valence-corrected chi connectivity index (χ2v) is 5.24. The van der Waals surface area contributed by atoms with Crippen LogP contribution in [0, 0.1) is 6.92 Å². The predicted octanol–water partition coefficient (Wildman–Crippen LogP) is 3.64. The number of hydrogen-bond donors (Lipinski definition) is 2. The maximum absolute atomic E-state index is 4.47. The van der Waals surface area contributed by atoms with Crippen LogP contribution in [0.5, 0.6) is 0 Å². The van der Waals surface area contributed by atoms with E-state index in [0.29, 0.717) is 12.6 Å². The minimum Gasteiger partial charge on any atom is -0.354 e. The summed E-state index contributed by atoms with van der Waals surface area (Å²) in [7, 11) is 1.80. The van der Waals surface area contributed by atoms with Gasteiger partial charge in [0.05, 0.1) is 12.2 Å². The van der Waals surface area contributed by atoms with Crippen LogP contribution in [-0.4, -0.2) is 24.0 Å². The van der Waals surface area contributed by atoms with Crippen LogP contribution in [0.4, 0.5) is 0 Å². The minimum atomic E-state index is 0. The molecule has 4 nitrogen and oxygen atoms in total. The van der Waals surface area contributed by atoms with Gasteiger partial charge in [-0.2, -0.15) is 0 Å². The quantitative estimate of drug-likeness (QED) is 0.316. The number of guanidine groups is 1. The van der Waals surface area contributed by atoms with Crippen molar-refractivity contribution >= 4 is 29.9 Å². The summed E-state index contributed by atoms with van der Waals surface area (Å²) in [6, 6.07) is 6.51. The Morgan fingerprint density at radius 3 is 2.71 bits per heavy atom. The topological polar surface area (TPSA) is 49.3 Å². The molecule has 0 aliphatic carbocycles. The number of aliphatic imine (C=N–C) groups is 1. The number of nitrogens with zero attached hydrogens (tertiary/aromatic N) is 2. The molecule has 2 N–H and O–H groups in total. The third-order valence-corrected chi connectivity index (χ3v) is 3.23. The summed E-state index contributed by atoms with van der Waals surface area (Å²) in [5, 5.41) is 6.73. The van der Waals surface area contributed by atoms with Crippen molar-refractivity contribution in [3.63, 3.8) is 0 Å². The molecule has 0 fully saturated rings. The molecule has 0 aliphatic heterocycles. The van der Waals surface area contributed by atoms with Crippen LogP contribution in [0.3, 0.4) is 0 Å². The van der Waals surface area contributed by atoms with Gasteiger partial charge < -0.3 is 10.6 Å². The van der Waals surface area contributed by atoms with Gasteiger partial charge in [-0.25, -0.2) is 0 Å². The SMILES string of the molecule is CCCCCC(C)NC(=NC)NCc1cccc(C)n1.I. The summed E-state index contributed by atoms with van der Waals surface area (Å²) in [4.78, 5) is 8.73. The molecule has 1 atom stereocenters. The van der Waals surface area contributed by atoms with Gasteiger partial charge in [-0.05, 0) is 32.4 Å². The number of hydrogen-bond acceptors (Lipinski definition) is 2. The summed E-state index contributed by atoms with van der Waals surface area (Å²) < 4.78 is 0. The van der Waals surface area contributed by atoms with Gasteiger partial charge in [-0.3, -0.25) is 9.98 Å². The Labute approximate surface area is 146 Å². The first-order chi connectivity index (χ1) is 9.65. The standard InChI is InChI=1S/C16H28N4.HI/c1-5-6-7-9-14(3)20-16(17-4)18-12-15-11-8-10-13(2)19-15;/h8,10-11,14H,5-7,9,12H2,1-4H3,(H2,17,18,20);1H. The molecule has 1 aromatic rings. The molecule has 0 radical (unpaired) electrons. The smallest absolute Gasteiger partial charge is 0.191 e. The first kappa shape index (κ1) is 20.1. The van der Waals surface area contributed by atoms with Gasteiger partial charge >= 0.3 is 0 Å². The lowest BCUT2D eigenvalue weighted by Crippen LogP contribution is -2.41. The van der Waals surface area contributed by atoms with Crippen molar-refractivity contribution in [2.24, 2.45) is 4.99 Å². The summed E-state index contributed by atoms with van der Waals surface area (Å²) in [6.45, 7) is 7.14. The zero-order valence-corrected chi connectivity index (χ0v) is 16.0. The fourth-order valence-corrected chi connectivity index (χ4v) is 2.07. The van der Waals surface area contributed by atoms with Gasteiger partial charge in [-0.1, -0.05) is 32.3 Å². The molecular weight excluding hydrogens is 375 g/mol. The fraction of sp³-hybridized carbons (Fsp3) is 0.625. The molecule has 0 aromatic carbocycles. The average Bonchev–Trinajstić information content (AvgIpc) is 2.44. The van der Waals surface area contributed by atoms with Crippen LogP contribution in [0.2, 0.25) is 0 Å². The molecule has 0 amide bonds. The highest BCUT2D eigenvalue weighted by molar-refractivity contribution is 14.0. The number of pyridine rings is 1. The molecule has 1 unspecified atom stereocenters. The Kier molecular flexibility index (Phi) is 11.3. The van der Waals surface area contributed by atoms with Gasteiger partial charge in [0.1, 0.15) is 0 Å². The van der Waals surface area contributed by atoms with Crippen LogP contribution >= 0.6 is 24.0 Å². The third-order valence-electron chi connectivity index (χ3n) is 3.23. The molecule has 120 valence electrons. The van der Waals surface area contributed by atoms with Crippen molar-refractivity contribution in [1.82, 2.24) is 15.6 Å². The predicted molar refractivity (Wildman–Crippen MR) is 101 cm³/mol. The molecule has 5 heteroatoms. The lowest BCUT2D eigenvalue weighted by molar-refractivity contribution is 0.546. The van der Waals surface area contributed by atoms with E-state index in [2.05, 4.69) is 34.5 Å². The molecule has 21 heavy (non-hydrogen) atoms. The van der Waals surface area contributed by atoms with Gasteiger partial charge in [-0.15, -0.1) is 24.0 Å². The van der Waals surface area contributed by atoms with Crippen LogP contribution in [0.15, 0.2) is 23.2 Å². The van der Waals surface area contributed by atoms with E-state index in [1.807, 2.05) is 25.1 Å². The van der Waals surface area contributed by atoms with Crippen molar-refractivity contribution in [2.75, 3.05) is 7.05 Å². The Balaban J connectivity index is 0.00000400. The fourth-order valence-electron chi connectivity index (χ4n) is 2.07. The van der Waals surface area contributed by atoms with E-state index in [1.54, 1.807) is 7.05 Å². The van der Waals surface area contributed by atoms with Crippen LogP contribution in [-0.2, 0) is 6.54 Å². The normalized spacial score (nSPS) is 12.5. The number of halogens is 1. The summed E-state index contributed by atoms with van der Waals surface area (Å²) in [5.41, 5.74) is 2.08. The second-order valence-electron chi connectivity index (χ2n) is 5.24. The van der Waals surface area contributed by atoms with Crippen molar-refractivity contribution in [2.45, 2.75) is 59.0 Å². The van der Waals surface area contributed by atoms with E-state index >= 15 is 0 Å². The highest BCUT2D eigenvalue weighted by Crippen LogP contribution is 2.03. The Bertz CT molecular complexity index is 420. The van der Waals surface area contributed by atoms with Gasteiger partial charge in [0, 0.05) is 18.8 Å². The van der Waals surface area contributed by atoms with Crippen molar-refractivity contribution in [1.29, 1.82) is 0 Å². The van der Waals surface area contributed by atoms with E-state index in [9.17, 15) is 0 Å². The maximum Gasteiger partial charge on any atom is 0.191 e. The first-order valence-corrected chi connectivity index (χ1v) is 7.55. The Hall–Kier alpha value is -0.850. The molecule has 0 saturated carbocycles. The van der Waals surface area contributed by atoms with Gasteiger partial charge in [0.25, 0.3) is 0 Å². The zero-order valence-electron chi connectivity index (χ0n) is 13.6. The van der Waals surface area contributed by atoms with Gasteiger partial charge in [0.2, 0.25) is 0 Å². The molecule has 0 spiro atoms. The third kappa shape index (κ3) is 8.90.